The Labute approximate surface area is 116 Å². The number of rotatable bonds is 3. The number of hydrogen-bond acceptors (Lipinski definition) is 3. The molecule has 3 rings (SSSR count). The minimum Gasteiger partial charge on any atom is -0.459 e. The van der Waals surface area contributed by atoms with Gasteiger partial charge in [-0.3, -0.25) is 4.79 Å². The number of aliphatic hydroxyl groups is 1. The van der Waals surface area contributed by atoms with Gasteiger partial charge in [-0.05, 0) is 36.2 Å². The summed E-state index contributed by atoms with van der Waals surface area (Å²) in [5.41, 5.74) is 3.57. The predicted octanol–water partition coefficient (Wildman–Crippen LogP) is 3.79. The van der Waals surface area contributed by atoms with Crippen LogP contribution in [0, 0.1) is 0 Å². The van der Waals surface area contributed by atoms with E-state index in [1.54, 1.807) is 6.92 Å². The van der Waals surface area contributed by atoms with Gasteiger partial charge in [0.15, 0.2) is 5.78 Å². The molecule has 3 heteroatoms. The van der Waals surface area contributed by atoms with Crippen molar-refractivity contribution < 1.29 is 14.3 Å². The van der Waals surface area contributed by atoms with Gasteiger partial charge < -0.3 is 9.52 Å². The normalized spacial score (nSPS) is 10.9. The minimum atomic E-state index is -0.0999. The van der Waals surface area contributed by atoms with Crippen LogP contribution in [0.4, 0.5) is 0 Å². The zero-order valence-corrected chi connectivity index (χ0v) is 11.1. The van der Waals surface area contributed by atoms with Crippen LogP contribution in [0.15, 0.2) is 52.9 Å². The fraction of sp³-hybridized carbons (Fsp3) is 0.118. The van der Waals surface area contributed by atoms with Crippen molar-refractivity contribution in [2.45, 2.75) is 13.5 Å². The SMILES string of the molecule is CC(=O)c1ccc(-c2ccc3oc(CO)cc3c2)cc1. The summed E-state index contributed by atoms with van der Waals surface area (Å²) in [4.78, 5) is 11.3. The number of fused-ring (bicyclic) bond motifs is 1. The first kappa shape index (κ1) is 12.6. The molecular formula is C17H14O3. The Balaban J connectivity index is 2.02. The Bertz CT molecular complexity index is 767. The van der Waals surface area contributed by atoms with Crippen molar-refractivity contribution in [2.24, 2.45) is 0 Å². The summed E-state index contributed by atoms with van der Waals surface area (Å²) in [5.74, 6) is 0.624. The topological polar surface area (TPSA) is 50.4 Å². The fourth-order valence-corrected chi connectivity index (χ4v) is 2.25. The second kappa shape index (κ2) is 4.94. The lowest BCUT2D eigenvalue weighted by Gasteiger charge is -2.02. The van der Waals surface area contributed by atoms with Crippen LogP contribution in [0.25, 0.3) is 22.1 Å². The fourth-order valence-electron chi connectivity index (χ4n) is 2.25. The standard InChI is InChI=1S/C17H14O3/c1-11(19)12-2-4-13(5-3-12)14-6-7-17-15(8-14)9-16(10-18)20-17/h2-9,18H,10H2,1H3. The van der Waals surface area contributed by atoms with Gasteiger partial charge in [0.2, 0.25) is 0 Å². The maximum absolute atomic E-state index is 11.3. The van der Waals surface area contributed by atoms with Gasteiger partial charge >= 0.3 is 0 Å². The molecule has 0 aliphatic carbocycles. The molecule has 0 aliphatic rings. The summed E-state index contributed by atoms with van der Waals surface area (Å²) in [5, 5.41) is 10.0. The first-order chi connectivity index (χ1) is 9.67. The number of ketones is 1. The summed E-state index contributed by atoms with van der Waals surface area (Å²) in [6.07, 6.45) is 0. The molecule has 0 unspecified atom stereocenters. The predicted molar refractivity (Wildman–Crippen MR) is 77.6 cm³/mol. The molecule has 3 aromatic rings. The minimum absolute atomic E-state index is 0.0643. The molecule has 0 atom stereocenters. The third-order valence-electron chi connectivity index (χ3n) is 3.35. The summed E-state index contributed by atoms with van der Waals surface area (Å²) in [6.45, 7) is 1.46. The van der Waals surface area contributed by atoms with Crippen LogP contribution in [0.3, 0.4) is 0 Å². The van der Waals surface area contributed by atoms with Crippen molar-refractivity contribution >= 4 is 16.8 Å². The molecule has 0 amide bonds. The van der Waals surface area contributed by atoms with E-state index < -0.39 is 0 Å². The van der Waals surface area contributed by atoms with E-state index in [2.05, 4.69) is 0 Å². The van der Waals surface area contributed by atoms with E-state index in [0.29, 0.717) is 11.3 Å². The van der Waals surface area contributed by atoms with E-state index in [0.717, 1.165) is 22.1 Å². The molecule has 0 bridgehead atoms. The highest BCUT2D eigenvalue weighted by Gasteiger charge is 2.06. The number of aliphatic hydroxyl groups excluding tert-OH is 1. The van der Waals surface area contributed by atoms with Crippen LogP contribution in [0.5, 0.6) is 0 Å². The van der Waals surface area contributed by atoms with Crippen LogP contribution in [-0.4, -0.2) is 10.9 Å². The lowest BCUT2D eigenvalue weighted by Crippen LogP contribution is -1.90. The van der Waals surface area contributed by atoms with Crippen molar-refractivity contribution in [1.82, 2.24) is 0 Å². The molecule has 1 heterocycles. The maximum Gasteiger partial charge on any atom is 0.159 e. The second-order valence-electron chi connectivity index (χ2n) is 4.76. The Morgan fingerprint density at radius 3 is 2.40 bits per heavy atom. The molecule has 2 aromatic carbocycles. The van der Waals surface area contributed by atoms with Gasteiger partial charge in [-0.2, -0.15) is 0 Å². The molecule has 20 heavy (non-hydrogen) atoms. The van der Waals surface area contributed by atoms with Crippen LogP contribution in [0.1, 0.15) is 23.0 Å². The van der Waals surface area contributed by atoms with Crippen molar-refractivity contribution in [1.29, 1.82) is 0 Å². The Kier molecular flexibility index (Phi) is 3.12. The van der Waals surface area contributed by atoms with Gasteiger partial charge in [0.05, 0.1) is 0 Å². The van der Waals surface area contributed by atoms with E-state index >= 15 is 0 Å². The maximum atomic E-state index is 11.3. The molecule has 1 N–H and O–H groups in total. The molecule has 100 valence electrons. The van der Waals surface area contributed by atoms with E-state index in [1.165, 1.54) is 0 Å². The van der Waals surface area contributed by atoms with E-state index in [1.807, 2.05) is 48.5 Å². The Morgan fingerprint density at radius 1 is 1.05 bits per heavy atom. The number of furan rings is 1. The zero-order valence-electron chi connectivity index (χ0n) is 11.1. The average Bonchev–Trinajstić information content (AvgIpc) is 2.89. The van der Waals surface area contributed by atoms with Gasteiger partial charge in [-0.15, -0.1) is 0 Å². The number of benzene rings is 2. The van der Waals surface area contributed by atoms with Crippen molar-refractivity contribution in [3.05, 3.63) is 59.9 Å². The van der Waals surface area contributed by atoms with Gasteiger partial charge in [-0.1, -0.05) is 30.3 Å². The van der Waals surface area contributed by atoms with E-state index in [4.69, 9.17) is 9.52 Å². The quantitative estimate of drug-likeness (QED) is 0.734. The molecule has 1 aromatic heterocycles. The highest BCUT2D eigenvalue weighted by molar-refractivity contribution is 5.94. The van der Waals surface area contributed by atoms with Crippen LogP contribution < -0.4 is 0 Å². The van der Waals surface area contributed by atoms with Gasteiger partial charge in [-0.25, -0.2) is 0 Å². The molecule has 0 fully saturated rings. The van der Waals surface area contributed by atoms with E-state index in [-0.39, 0.29) is 12.4 Å². The van der Waals surface area contributed by atoms with Gasteiger partial charge in [0.25, 0.3) is 0 Å². The zero-order chi connectivity index (χ0) is 14.1. The van der Waals surface area contributed by atoms with Crippen LogP contribution in [0.2, 0.25) is 0 Å². The summed E-state index contributed by atoms with van der Waals surface area (Å²) in [7, 11) is 0. The third-order valence-corrected chi connectivity index (χ3v) is 3.35. The largest absolute Gasteiger partial charge is 0.459 e. The summed E-state index contributed by atoms with van der Waals surface area (Å²) in [6, 6.07) is 15.2. The average molecular weight is 266 g/mol. The summed E-state index contributed by atoms with van der Waals surface area (Å²) < 4.78 is 5.46. The smallest absolute Gasteiger partial charge is 0.159 e. The second-order valence-corrected chi connectivity index (χ2v) is 4.76. The Hall–Kier alpha value is -2.39. The van der Waals surface area contributed by atoms with Crippen LogP contribution >= 0.6 is 0 Å². The number of carbonyl (C=O) groups excluding carboxylic acids is 1. The summed E-state index contributed by atoms with van der Waals surface area (Å²) >= 11 is 0. The van der Waals surface area contributed by atoms with Crippen LogP contribution in [-0.2, 0) is 6.61 Å². The van der Waals surface area contributed by atoms with Gasteiger partial charge in [0, 0.05) is 10.9 Å². The number of hydrogen-bond donors (Lipinski definition) is 1. The lowest BCUT2D eigenvalue weighted by atomic mass is 10.0. The molecule has 0 saturated carbocycles. The molecule has 3 nitrogen and oxygen atoms in total. The first-order valence-electron chi connectivity index (χ1n) is 6.42. The van der Waals surface area contributed by atoms with Crippen molar-refractivity contribution in [3.63, 3.8) is 0 Å². The molecule has 0 saturated heterocycles. The highest BCUT2D eigenvalue weighted by atomic mass is 16.4. The third kappa shape index (κ3) is 2.24. The van der Waals surface area contributed by atoms with Crippen molar-refractivity contribution in [3.8, 4) is 11.1 Å². The first-order valence-corrected chi connectivity index (χ1v) is 6.42. The number of Topliss-reactive ketones (excluding diaryl/α,β-unsaturated/α-hetero) is 1. The monoisotopic (exact) mass is 266 g/mol. The molecule has 0 aliphatic heterocycles. The van der Waals surface area contributed by atoms with Crippen molar-refractivity contribution in [2.75, 3.05) is 0 Å². The molecular weight excluding hydrogens is 252 g/mol. The lowest BCUT2D eigenvalue weighted by molar-refractivity contribution is 0.101. The number of carbonyl (C=O) groups is 1. The molecule has 0 radical (unpaired) electrons. The highest BCUT2D eigenvalue weighted by Crippen LogP contribution is 2.27. The molecule has 0 spiro atoms. The van der Waals surface area contributed by atoms with Gasteiger partial charge in [0.1, 0.15) is 18.0 Å². The van der Waals surface area contributed by atoms with E-state index in [9.17, 15) is 4.79 Å². The Morgan fingerprint density at radius 2 is 1.75 bits per heavy atom.